The second kappa shape index (κ2) is 7.97. The van der Waals surface area contributed by atoms with Crippen molar-refractivity contribution in [2.75, 3.05) is 11.9 Å². The number of amides is 2. The molecule has 2 aromatic rings. The Kier molecular flexibility index (Phi) is 5.98. The van der Waals surface area contributed by atoms with Gasteiger partial charge in [-0.3, -0.25) is 0 Å². The van der Waals surface area contributed by atoms with Crippen LogP contribution in [0.2, 0.25) is 0 Å². The number of benzene rings is 1. The fourth-order valence-corrected chi connectivity index (χ4v) is 2.62. The number of aryl methyl sites for hydroxylation is 2. The molecular formula is C18H26N4O2. The van der Waals surface area contributed by atoms with Crippen molar-refractivity contribution in [1.82, 2.24) is 15.1 Å². The van der Waals surface area contributed by atoms with E-state index in [4.69, 9.17) is 0 Å². The zero-order valence-corrected chi connectivity index (χ0v) is 14.7. The molecule has 0 aliphatic heterocycles. The molecule has 130 valence electrons. The van der Waals surface area contributed by atoms with E-state index in [0.29, 0.717) is 18.0 Å². The number of nitrogens with one attached hydrogen (secondary N) is 2. The van der Waals surface area contributed by atoms with Gasteiger partial charge in [0.05, 0.1) is 17.5 Å². The highest BCUT2D eigenvalue weighted by Gasteiger charge is 2.10. The molecule has 0 aliphatic carbocycles. The van der Waals surface area contributed by atoms with Gasteiger partial charge in [0.25, 0.3) is 0 Å². The number of rotatable bonds is 6. The van der Waals surface area contributed by atoms with Gasteiger partial charge in [0.2, 0.25) is 0 Å². The van der Waals surface area contributed by atoms with E-state index in [9.17, 15) is 9.90 Å². The first-order chi connectivity index (χ1) is 11.3. The lowest BCUT2D eigenvalue weighted by atomic mass is 10.1. The maximum absolute atomic E-state index is 12.0. The monoisotopic (exact) mass is 330 g/mol. The lowest BCUT2D eigenvalue weighted by Gasteiger charge is -2.14. The Morgan fingerprint density at radius 3 is 2.67 bits per heavy atom. The molecule has 0 bridgehead atoms. The standard InChI is InChI=1S/C18H26N4O2/c1-12(2)8-17(23)11-19-18(24)20-15-6-5-7-16(10-15)22-14(4)9-13(3)21-22/h5-7,9-10,12,17,23H,8,11H2,1-4H3,(H2,19,20,24). The summed E-state index contributed by atoms with van der Waals surface area (Å²) >= 11 is 0. The van der Waals surface area contributed by atoms with Crippen molar-refractivity contribution in [1.29, 1.82) is 0 Å². The first-order valence-electron chi connectivity index (χ1n) is 8.21. The largest absolute Gasteiger partial charge is 0.391 e. The van der Waals surface area contributed by atoms with E-state index in [2.05, 4.69) is 15.7 Å². The highest BCUT2D eigenvalue weighted by Crippen LogP contribution is 2.16. The number of hydrogen-bond donors (Lipinski definition) is 3. The molecule has 0 spiro atoms. The third-order valence-corrected chi connectivity index (χ3v) is 3.60. The number of urea groups is 1. The molecule has 2 amide bonds. The minimum absolute atomic E-state index is 0.237. The summed E-state index contributed by atoms with van der Waals surface area (Å²) < 4.78 is 1.84. The third kappa shape index (κ3) is 5.09. The van der Waals surface area contributed by atoms with Gasteiger partial charge >= 0.3 is 6.03 Å². The van der Waals surface area contributed by atoms with E-state index < -0.39 is 6.10 Å². The van der Waals surface area contributed by atoms with Crippen LogP contribution in [0.3, 0.4) is 0 Å². The van der Waals surface area contributed by atoms with E-state index in [1.165, 1.54) is 0 Å². The molecule has 0 fully saturated rings. The van der Waals surface area contributed by atoms with E-state index in [-0.39, 0.29) is 12.6 Å². The van der Waals surface area contributed by atoms with E-state index in [0.717, 1.165) is 17.1 Å². The number of aliphatic hydroxyl groups is 1. The Morgan fingerprint density at radius 2 is 2.04 bits per heavy atom. The van der Waals surface area contributed by atoms with Gasteiger partial charge in [0, 0.05) is 17.9 Å². The summed E-state index contributed by atoms with van der Waals surface area (Å²) in [6, 6.07) is 9.17. The van der Waals surface area contributed by atoms with Gasteiger partial charge in [-0.2, -0.15) is 5.10 Å². The SMILES string of the molecule is Cc1cc(C)n(-c2cccc(NC(=O)NCC(O)CC(C)C)c2)n1. The molecule has 6 nitrogen and oxygen atoms in total. The fraction of sp³-hybridized carbons (Fsp3) is 0.444. The van der Waals surface area contributed by atoms with Crippen LogP contribution >= 0.6 is 0 Å². The molecule has 2 rings (SSSR count). The van der Waals surface area contributed by atoms with Crippen molar-refractivity contribution in [3.63, 3.8) is 0 Å². The lowest BCUT2D eigenvalue weighted by Crippen LogP contribution is -2.35. The molecule has 0 saturated carbocycles. The molecule has 6 heteroatoms. The summed E-state index contributed by atoms with van der Waals surface area (Å²) in [5.41, 5.74) is 3.54. The number of hydrogen-bond acceptors (Lipinski definition) is 3. The second-order valence-electron chi connectivity index (χ2n) is 6.51. The molecule has 1 atom stereocenters. The van der Waals surface area contributed by atoms with Crippen LogP contribution in [0.15, 0.2) is 30.3 Å². The van der Waals surface area contributed by atoms with E-state index >= 15 is 0 Å². The molecule has 0 saturated heterocycles. The zero-order valence-electron chi connectivity index (χ0n) is 14.7. The van der Waals surface area contributed by atoms with Crippen molar-refractivity contribution in [2.24, 2.45) is 5.92 Å². The molecule has 1 aromatic heterocycles. The Hall–Kier alpha value is -2.34. The molecule has 0 radical (unpaired) electrons. The van der Waals surface area contributed by atoms with Crippen LogP contribution in [0, 0.1) is 19.8 Å². The van der Waals surface area contributed by atoms with Crippen molar-refractivity contribution >= 4 is 11.7 Å². The minimum Gasteiger partial charge on any atom is -0.391 e. The normalized spacial score (nSPS) is 12.2. The molecule has 1 heterocycles. The van der Waals surface area contributed by atoms with Gasteiger partial charge in [0.1, 0.15) is 0 Å². The van der Waals surface area contributed by atoms with Crippen molar-refractivity contribution in [2.45, 2.75) is 40.2 Å². The Labute approximate surface area is 142 Å². The van der Waals surface area contributed by atoms with Crippen LogP contribution in [-0.4, -0.2) is 33.6 Å². The van der Waals surface area contributed by atoms with Crippen molar-refractivity contribution in [3.05, 3.63) is 41.7 Å². The predicted octanol–water partition coefficient (Wildman–Crippen LogP) is 3.02. The van der Waals surface area contributed by atoms with Crippen LogP contribution in [0.4, 0.5) is 10.5 Å². The molecule has 24 heavy (non-hydrogen) atoms. The molecule has 0 aliphatic rings. The van der Waals surface area contributed by atoms with Crippen molar-refractivity contribution < 1.29 is 9.90 Å². The summed E-state index contributed by atoms with van der Waals surface area (Å²) in [4.78, 5) is 12.0. The van der Waals surface area contributed by atoms with Crippen molar-refractivity contribution in [3.8, 4) is 5.69 Å². The van der Waals surface area contributed by atoms with Crippen LogP contribution in [0.1, 0.15) is 31.7 Å². The summed E-state index contributed by atoms with van der Waals surface area (Å²) in [6.07, 6.45) is 0.130. The van der Waals surface area contributed by atoms with Crippen LogP contribution in [0.25, 0.3) is 5.69 Å². The summed E-state index contributed by atoms with van der Waals surface area (Å²) in [5, 5.41) is 19.7. The first kappa shape index (κ1) is 18.0. The topological polar surface area (TPSA) is 79.2 Å². The highest BCUT2D eigenvalue weighted by molar-refractivity contribution is 5.89. The van der Waals surface area contributed by atoms with E-state index in [1.807, 2.05) is 62.7 Å². The number of carbonyl (C=O) groups excluding carboxylic acids is 1. The Morgan fingerprint density at radius 1 is 1.29 bits per heavy atom. The lowest BCUT2D eigenvalue weighted by molar-refractivity contribution is 0.148. The number of nitrogens with zero attached hydrogens (tertiary/aromatic N) is 2. The minimum atomic E-state index is -0.531. The number of aromatic nitrogens is 2. The first-order valence-corrected chi connectivity index (χ1v) is 8.21. The number of carbonyl (C=O) groups is 1. The summed E-state index contributed by atoms with van der Waals surface area (Å²) in [5.74, 6) is 0.391. The quantitative estimate of drug-likeness (QED) is 0.762. The number of aliphatic hydroxyl groups excluding tert-OH is 1. The third-order valence-electron chi connectivity index (χ3n) is 3.60. The van der Waals surface area contributed by atoms with Crippen LogP contribution in [-0.2, 0) is 0 Å². The predicted molar refractivity (Wildman–Crippen MR) is 95.5 cm³/mol. The van der Waals surface area contributed by atoms with Gasteiger partial charge in [-0.15, -0.1) is 0 Å². The second-order valence-corrected chi connectivity index (χ2v) is 6.51. The van der Waals surface area contributed by atoms with Crippen LogP contribution < -0.4 is 10.6 Å². The zero-order chi connectivity index (χ0) is 17.7. The smallest absolute Gasteiger partial charge is 0.319 e. The maximum atomic E-state index is 12.0. The maximum Gasteiger partial charge on any atom is 0.319 e. The Balaban J connectivity index is 1.97. The molecule has 3 N–H and O–H groups in total. The fourth-order valence-electron chi connectivity index (χ4n) is 2.62. The average Bonchev–Trinajstić information content (AvgIpc) is 2.83. The number of anilines is 1. The summed E-state index contributed by atoms with van der Waals surface area (Å²) in [7, 11) is 0. The molecule has 1 unspecified atom stereocenters. The van der Waals surface area contributed by atoms with Gasteiger partial charge < -0.3 is 15.7 Å². The van der Waals surface area contributed by atoms with Gasteiger partial charge in [-0.25, -0.2) is 9.48 Å². The van der Waals surface area contributed by atoms with E-state index in [1.54, 1.807) is 0 Å². The average molecular weight is 330 g/mol. The van der Waals surface area contributed by atoms with Gasteiger partial charge in [-0.1, -0.05) is 19.9 Å². The van der Waals surface area contributed by atoms with Gasteiger partial charge in [-0.05, 0) is 50.5 Å². The molecular weight excluding hydrogens is 304 g/mol. The van der Waals surface area contributed by atoms with Crippen LogP contribution in [0.5, 0.6) is 0 Å². The van der Waals surface area contributed by atoms with Gasteiger partial charge in [0.15, 0.2) is 0 Å². The molecule has 1 aromatic carbocycles. The summed E-state index contributed by atoms with van der Waals surface area (Å²) in [6.45, 7) is 8.24. The highest BCUT2D eigenvalue weighted by atomic mass is 16.3. The Bertz CT molecular complexity index is 694.